The molecule has 4 rings (SSSR count). The van der Waals surface area contributed by atoms with Crippen LogP contribution in [0.4, 0.5) is 17.2 Å². The minimum atomic E-state index is -1.98. The Kier molecular flexibility index (Phi) is 7.34. The minimum Gasteiger partial charge on any atom is -0.494 e. The molecule has 1 aliphatic rings. The summed E-state index contributed by atoms with van der Waals surface area (Å²) in [6.07, 6.45) is 3.47. The van der Waals surface area contributed by atoms with Crippen molar-refractivity contribution in [3.63, 3.8) is 0 Å². The zero-order chi connectivity index (χ0) is 25.9. The van der Waals surface area contributed by atoms with Gasteiger partial charge >= 0.3 is 0 Å². The van der Waals surface area contributed by atoms with E-state index < -0.39 is 11.1 Å². The molecule has 36 heavy (non-hydrogen) atoms. The maximum atomic E-state index is 12.8. The third-order valence-electron chi connectivity index (χ3n) is 5.30. The second-order valence-corrected chi connectivity index (χ2v) is 8.41. The van der Waals surface area contributed by atoms with E-state index in [-0.39, 0.29) is 29.0 Å². The molecule has 2 amide bonds. The van der Waals surface area contributed by atoms with Gasteiger partial charge in [0.15, 0.2) is 17.3 Å². The number of aromatic nitrogens is 4. The van der Waals surface area contributed by atoms with Gasteiger partial charge in [0.2, 0.25) is 5.91 Å². The molecule has 0 saturated heterocycles. The average Bonchev–Trinajstić information content (AvgIpc) is 3.57. The molecule has 0 unspecified atom stereocenters. The number of hydrogen-bond acceptors (Lipinski definition) is 8. The molecule has 5 N–H and O–H groups in total. The Morgan fingerprint density at radius 2 is 1.97 bits per heavy atom. The summed E-state index contributed by atoms with van der Waals surface area (Å²) in [5, 5.41) is 18.6. The molecule has 1 aromatic carbocycles. The molecule has 0 bridgehead atoms. The molecular weight excluding hydrogens is 457 g/mol. The smallest absolute Gasteiger partial charge is 0.272 e. The van der Waals surface area contributed by atoms with E-state index in [1.165, 1.54) is 13.2 Å². The van der Waals surface area contributed by atoms with E-state index in [0.29, 0.717) is 35.8 Å². The van der Waals surface area contributed by atoms with Crippen LogP contribution in [0.1, 0.15) is 23.3 Å². The summed E-state index contributed by atoms with van der Waals surface area (Å²) < 4.78 is 7.42. The van der Waals surface area contributed by atoms with Crippen molar-refractivity contribution in [3.8, 4) is 17.0 Å². The zero-order valence-electron chi connectivity index (χ0n) is 19.7. The summed E-state index contributed by atoms with van der Waals surface area (Å²) in [7, 11) is 18.1. The monoisotopic (exact) mass is 480 g/mol. The van der Waals surface area contributed by atoms with Gasteiger partial charge in [-0.25, -0.2) is 0 Å². The van der Waals surface area contributed by atoms with Gasteiger partial charge in [0.25, 0.3) is 5.91 Å². The van der Waals surface area contributed by atoms with E-state index in [1.807, 2.05) is 18.3 Å². The fourth-order valence-electron chi connectivity index (χ4n) is 3.51. The SMILES string of the molecule is [B]C([B])([B])NC(=O)c1nnc(NC(=O)C2CC2)cc1Nc1cccc(-c2ccn(CCN)n2)c1OC. The summed E-state index contributed by atoms with van der Waals surface area (Å²) in [4.78, 5) is 25.0. The van der Waals surface area contributed by atoms with Gasteiger partial charge in [-0.3, -0.25) is 14.3 Å². The second-order valence-electron chi connectivity index (χ2n) is 8.41. The van der Waals surface area contributed by atoms with Gasteiger partial charge in [0.05, 0.1) is 54.3 Å². The van der Waals surface area contributed by atoms with Gasteiger partial charge in [-0.15, -0.1) is 10.2 Å². The van der Waals surface area contributed by atoms with Crippen molar-refractivity contribution in [3.05, 3.63) is 42.2 Å². The van der Waals surface area contributed by atoms with Crippen LogP contribution in [0.5, 0.6) is 5.75 Å². The quantitative estimate of drug-likeness (QED) is 0.302. The number of nitrogens with zero attached hydrogens (tertiary/aromatic N) is 4. The van der Waals surface area contributed by atoms with Crippen molar-refractivity contribution in [2.75, 3.05) is 24.3 Å². The maximum absolute atomic E-state index is 12.8. The van der Waals surface area contributed by atoms with Gasteiger partial charge in [-0.1, -0.05) is 11.3 Å². The lowest BCUT2D eigenvalue weighted by Crippen LogP contribution is -2.50. The third-order valence-corrected chi connectivity index (χ3v) is 5.30. The molecule has 14 heteroatoms. The van der Waals surface area contributed by atoms with E-state index in [9.17, 15) is 9.59 Å². The van der Waals surface area contributed by atoms with Crippen LogP contribution in [0.3, 0.4) is 0 Å². The highest BCUT2D eigenvalue weighted by molar-refractivity contribution is 6.60. The summed E-state index contributed by atoms with van der Waals surface area (Å²) in [6.45, 7) is 1.02. The van der Waals surface area contributed by atoms with Crippen LogP contribution in [-0.2, 0) is 11.3 Å². The Morgan fingerprint density at radius 3 is 2.64 bits per heavy atom. The molecule has 1 aliphatic carbocycles. The highest BCUT2D eigenvalue weighted by Gasteiger charge is 2.30. The van der Waals surface area contributed by atoms with Gasteiger partial charge in [-0.2, -0.15) is 5.10 Å². The lowest BCUT2D eigenvalue weighted by Gasteiger charge is -2.23. The van der Waals surface area contributed by atoms with Crippen LogP contribution < -0.4 is 26.4 Å². The number of methoxy groups -OCH3 is 1. The van der Waals surface area contributed by atoms with E-state index in [1.54, 1.807) is 16.8 Å². The van der Waals surface area contributed by atoms with Crippen LogP contribution in [0.15, 0.2) is 36.5 Å². The first-order valence-corrected chi connectivity index (χ1v) is 11.2. The Balaban J connectivity index is 1.70. The number of carbonyl (C=O) groups excluding carboxylic acids is 2. The molecule has 2 aromatic heterocycles. The van der Waals surface area contributed by atoms with E-state index >= 15 is 0 Å². The number of ether oxygens (including phenoxy) is 1. The Labute approximate surface area is 212 Å². The van der Waals surface area contributed by atoms with Gasteiger partial charge in [0.1, 0.15) is 0 Å². The normalized spacial score (nSPS) is 13.2. The van der Waals surface area contributed by atoms with Crippen LogP contribution >= 0.6 is 0 Å². The van der Waals surface area contributed by atoms with Crippen molar-refractivity contribution in [1.82, 2.24) is 25.3 Å². The van der Waals surface area contributed by atoms with Crippen LogP contribution in [0, 0.1) is 5.92 Å². The van der Waals surface area contributed by atoms with Crippen LogP contribution in [0.2, 0.25) is 0 Å². The number of benzene rings is 1. The van der Waals surface area contributed by atoms with Crippen molar-refractivity contribution < 1.29 is 14.3 Å². The van der Waals surface area contributed by atoms with Gasteiger partial charge in [0, 0.05) is 30.3 Å². The van der Waals surface area contributed by atoms with Crippen molar-refractivity contribution in [1.29, 1.82) is 0 Å². The highest BCUT2D eigenvalue weighted by atomic mass is 16.5. The number of anilines is 3. The van der Waals surface area contributed by atoms with Crippen molar-refractivity contribution in [2.24, 2.45) is 11.7 Å². The molecule has 1 fully saturated rings. The highest BCUT2D eigenvalue weighted by Crippen LogP contribution is 2.38. The molecule has 0 aliphatic heterocycles. The standard InChI is InChI=1S/C22H23B3N8O3/c1-36-19-13(14-7-9-33(32-14)10-8-26)3-2-4-15(19)27-16-11-17(28-20(34)12-5-6-12)30-31-18(16)21(35)29-22(23,24)25/h2-4,7,9,11-12H,5-6,8,10,26H2,1H3,(H,29,35)(H2,27,28,30,34). The van der Waals surface area contributed by atoms with Gasteiger partial charge < -0.3 is 26.4 Å². The Morgan fingerprint density at radius 1 is 1.19 bits per heavy atom. The number of hydrogen-bond donors (Lipinski definition) is 4. The largest absolute Gasteiger partial charge is 0.494 e. The lowest BCUT2D eigenvalue weighted by molar-refractivity contribution is -0.117. The number of nitrogens with two attached hydrogens (primary N) is 1. The molecule has 0 spiro atoms. The molecule has 6 radical (unpaired) electrons. The van der Waals surface area contributed by atoms with E-state index in [0.717, 1.165) is 12.8 Å². The molecule has 3 aromatic rings. The minimum absolute atomic E-state index is 0.0469. The van der Waals surface area contributed by atoms with E-state index in [4.69, 9.17) is 34.0 Å². The predicted molar refractivity (Wildman–Crippen MR) is 137 cm³/mol. The molecule has 1 saturated carbocycles. The Hall–Kier alpha value is -3.80. The number of nitrogens with one attached hydrogen (secondary N) is 3. The summed E-state index contributed by atoms with van der Waals surface area (Å²) >= 11 is 0. The van der Waals surface area contributed by atoms with Gasteiger partial charge in [-0.05, 0) is 31.0 Å². The number of carbonyl (C=O) groups is 2. The number of para-hydroxylation sites is 1. The van der Waals surface area contributed by atoms with Crippen LogP contribution in [-0.4, -0.2) is 74.2 Å². The molecular formula is C22H23B3N8O3. The van der Waals surface area contributed by atoms with Crippen molar-refractivity contribution >= 4 is 52.5 Å². The Bertz CT molecular complexity index is 1270. The number of rotatable bonds is 10. The molecule has 178 valence electrons. The molecule has 2 heterocycles. The second kappa shape index (κ2) is 10.4. The van der Waals surface area contributed by atoms with E-state index in [2.05, 4.69) is 31.2 Å². The lowest BCUT2D eigenvalue weighted by atomic mass is 9.49. The summed E-state index contributed by atoms with van der Waals surface area (Å²) in [5.41, 5.74) is 7.57. The third kappa shape index (κ3) is 6.06. The topological polar surface area (TPSA) is 149 Å². The predicted octanol–water partition coefficient (Wildman–Crippen LogP) is 0.246. The number of amides is 2. The average molecular weight is 480 g/mol. The first kappa shape index (κ1) is 25.3. The first-order valence-electron chi connectivity index (χ1n) is 11.2. The zero-order valence-corrected chi connectivity index (χ0v) is 19.7. The molecule has 11 nitrogen and oxygen atoms in total. The fraction of sp³-hybridized carbons (Fsp3) is 0.318. The maximum Gasteiger partial charge on any atom is 0.272 e. The molecule has 0 atom stereocenters. The fourth-order valence-corrected chi connectivity index (χ4v) is 3.51. The van der Waals surface area contributed by atoms with Crippen molar-refractivity contribution in [2.45, 2.75) is 24.6 Å². The summed E-state index contributed by atoms with van der Waals surface area (Å²) in [6, 6.07) is 8.73. The first-order chi connectivity index (χ1) is 17.2. The van der Waals surface area contributed by atoms with Crippen LogP contribution in [0.25, 0.3) is 11.3 Å². The summed E-state index contributed by atoms with van der Waals surface area (Å²) in [5.74, 6) is -0.346.